The Balaban J connectivity index is 1.83. The van der Waals surface area contributed by atoms with Gasteiger partial charge in [-0.3, -0.25) is 4.79 Å². The van der Waals surface area contributed by atoms with Crippen molar-refractivity contribution in [3.05, 3.63) is 45.5 Å². The van der Waals surface area contributed by atoms with Gasteiger partial charge in [-0.1, -0.05) is 11.8 Å². The molecule has 6 heteroatoms. The number of amides is 1. The van der Waals surface area contributed by atoms with Crippen molar-refractivity contribution >= 4 is 35.1 Å². The molecule has 0 atom stereocenters. The number of hydrogen-bond acceptors (Lipinski definition) is 4. The summed E-state index contributed by atoms with van der Waals surface area (Å²) in [6.45, 7) is 0. The third-order valence-corrected chi connectivity index (χ3v) is 4.27. The zero-order valence-electron chi connectivity index (χ0n) is 9.72. The number of carbonyl (C=O) groups excluding carboxylic acids is 1. The first-order chi connectivity index (χ1) is 9.20. The Kier molecular flexibility index (Phi) is 3.35. The fourth-order valence-corrected chi connectivity index (χ4v) is 3.22. The minimum Gasteiger partial charge on any atom is -0.320 e. The van der Waals surface area contributed by atoms with Crippen LogP contribution in [-0.2, 0) is 4.79 Å². The van der Waals surface area contributed by atoms with Gasteiger partial charge in [-0.25, -0.2) is 9.37 Å². The summed E-state index contributed by atoms with van der Waals surface area (Å²) in [6, 6.07) is 6.24. The van der Waals surface area contributed by atoms with Gasteiger partial charge in [0.2, 0.25) is 5.91 Å². The first-order valence-electron chi connectivity index (χ1n) is 5.56. The Bertz CT molecular complexity index is 649. The minimum absolute atomic E-state index is 0.0200. The predicted octanol–water partition coefficient (Wildman–Crippen LogP) is 3.11. The van der Waals surface area contributed by atoms with Crippen molar-refractivity contribution in [2.45, 2.75) is 0 Å². The fraction of sp³-hybridized carbons (Fsp3) is 0.0769. The average Bonchev–Trinajstić information content (AvgIpc) is 3.00. The number of rotatable bonds is 2. The molecule has 19 heavy (non-hydrogen) atoms. The van der Waals surface area contributed by atoms with Gasteiger partial charge >= 0.3 is 0 Å². The molecule has 0 saturated carbocycles. The Morgan fingerprint density at radius 1 is 1.32 bits per heavy atom. The lowest BCUT2D eigenvalue weighted by molar-refractivity contribution is -0.117. The molecule has 0 bridgehead atoms. The van der Waals surface area contributed by atoms with E-state index < -0.39 is 0 Å². The minimum atomic E-state index is -0.258. The lowest BCUT2D eigenvalue weighted by atomic mass is 10.2. The Hall–Kier alpha value is -1.66. The average molecular weight is 292 g/mol. The van der Waals surface area contributed by atoms with E-state index in [1.165, 1.54) is 35.2 Å². The van der Waals surface area contributed by atoms with Crippen LogP contribution in [0.15, 0.2) is 34.7 Å². The number of nitrogens with zero attached hydrogens (tertiary/aromatic N) is 1. The van der Waals surface area contributed by atoms with Crippen LogP contribution in [0.5, 0.6) is 0 Å². The van der Waals surface area contributed by atoms with Crippen LogP contribution in [0, 0.1) is 5.82 Å². The van der Waals surface area contributed by atoms with Crippen LogP contribution in [0.2, 0.25) is 0 Å². The highest BCUT2D eigenvalue weighted by molar-refractivity contribution is 8.04. The van der Waals surface area contributed by atoms with Crippen LogP contribution in [0.1, 0.15) is 5.01 Å². The van der Waals surface area contributed by atoms with E-state index in [4.69, 9.17) is 0 Å². The Labute approximate surface area is 117 Å². The van der Waals surface area contributed by atoms with Crippen molar-refractivity contribution in [2.75, 3.05) is 5.75 Å². The quantitative estimate of drug-likeness (QED) is 0.924. The van der Waals surface area contributed by atoms with Crippen molar-refractivity contribution in [3.8, 4) is 11.3 Å². The second kappa shape index (κ2) is 5.14. The molecule has 2 heterocycles. The molecular formula is C13H9FN2OS2. The third kappa shape index (κ3) is 2.85. The third-order valence-electron chi connectivity index (χ3n) is 2.54. The highest BCUT2D eigenvalue weighted by Crippen LogP contribution is 2.26. The van der Waals surface area contributed by atoms with E-state index in [0.29, 0.717) is 5.75 Å². The molecular weight excluding hydrogens is 283 g/mol. The number of benzene rings is 1. The summed E-state index contributed by atoms with van der Waals surface area (Å²) in [6.07, 6.45) is 1.85. The molecule has 0 spiro atoms. The summed E-state index contributed by atoms with van der Waals surface area (Å²) in [5, 5.41) is 6.33. The van der Waals surface area contributed by atoms with Gasteiger partial charge in [0.15, 0.2) is 0 Å². The number of carbonyl (C=O) groups is 1. The van der Waals surface area contributed by atoms with Crippen LogP contribution in [0.3, 0.4) is 0 Å². The van der Waals surface area contributed by atoms with E-state index in [1.807, 2.05) is 11.5 Å². The number of thioether (sulfide) groups is 1. The predicted molar refractivity (Wildman–Crippen MR) is 76.1 cm³/mol. The van der Waals surface area contributed by atoms with E-state index in [9.17, 15) is 9.18 Å². The van der Waals surface area contributed by atoms with E-state index in [0.717, 1.165) is 21.3 Å². The maximum absolute atomic E-state index is 12.8. The second-order valence-corrected chi connectivity index (χ2v) is 5.83. The Morgan fingerprint density at radius 3 is 2.79 bits per heavy atom. The van der Waals surface area contributed by atoms with E-state index >= 15 is 0 Å². The van der Waals surface area contributed by atoms with Crippen LogP contribution in [0.4, 0.5) is 4.39 Å². The molecule has 1 amide bonds. The van der Waals surface area contributed by atoms with Crippen molar-refractivity contribution in [1.29, 1.82) is 0 Å². The molecule has 0 unspecified atom stereocenters. The smallest absolute Gasteiger partial charge is 0.235 e. The molecule has 0 aliphatic carbocycles. The zero-order chi connectivity index (χ0) is 13.2. The molecule has 1 saturated heterocycles. The molecule has 0 radical (unpaired) electrons. The van der Waals surface area contributed by atoms with E-state index in [-0.39, 0.29) is 11.7 Å². The zero-order valence-corrected chi connectivity index (χ0v) is 11.4. The van der Waals surface area contributed by atoms with Crippen LogP contribution in [0.25, 0.3) is 17.3 Å². The van der Waals surface area contributed by atoms with E-state index in [2.05, 4.69) is 10.3 Å². The molecule has 3 nitrogen and oxygen atoms in total. The second-order valence-electron chi connectivity index (χ2n) is 3.92. The number of halogens is 1. The summed E-state index contributed by atoms with van der Waals surface area (Å²) < 4.78 is 12.8. The molecule has 1 aromatic heterocycles. The topological polar surface area (TPSA) is 42.0 Å². The van der Waals surface area contributed by atoms with Crippen molar-refractivity contribution in [3.63, 3.8) is 0 Å². The van der Waals surface area contributed by atoms with E-state index in [1.54, 1.807) is 12.1 Å². The highest BCUT2D eigenvalue weighted by atomic mass is 32.2. The summed E-state index contributed by atoms with van der Waals surface area (Å²) in [4.78, 5) is 15.5. The standard InChI is InChI=1S/C13H9FN2OS2/c14-9-3-1-8(2-4-9)10-6-18-12(15-10)5-13-16-11(17)7-19-13/h1-6H,7H2,(H,16,17). The summed E-state index contributed by atoms with van der Waals surface area (Å²) in [5.74, 6) is 0.222. The first-order valence-corrected chi connectivity index (χ1v) is 7.43. The molecule has 96 valence electrons. The molecule has 3 rings (SSSR count). The molecule has 1 aromatic carbocycles. The van der Waals surface area contributed by atoms with Gasteiger partial charge in [0.1, 0.15) is 10.8 Å². The number of nitrogens with one attached hydrogen (secondary N) is 1. The monoisotopic (exact) mass is 292 g/mol. The maximum atomic E-state index is 12.8. The molecule has 1 N–H and O–H groups in total. The highest BCUT2D eigenvalue weighted by Gasteiger charge is 2.15. The number of aromatic nitrogens is 1. The van der Waals surface area contributed by atoms with Crippen molar-refractivity contribution < 1.29 is 9.18 Å². The Morgan fingerprint density at radius 2 is 2.11 bits per heavy atom. The first kappa shape index (κ1) is 12.4. The maximum Gasteiger partial charge on any atom is 0.235 e. The largest absolute Gasteiger partial charge is 0.320 e. The van der Waals surface area contributed by atoms with Gasteiger partial charge in [0.05, 0.1) is 16.5 Å². The summed E-state index contributed by atoms with van der Waals surface area (Å²) in [7, 11) is 0. The fourth-order valence-electron chi connectivity index (χ4n) is 1.65. The normalized spacial score (nSPS) is 16.9. The van der Waals surface area contributed by atoms with Crippen LogP contribution in [-0.4, -0.2) is 16.6 Å². The SMILES string of the molecule is O=C1CSC(=Cc2nc(-c3ccc(F)cc3)cs2)N1. The molecule has 1 aliphatic heterocycles. The summed E-state index contributed by atoms with van der Waals surface area (Å²) >= 11 is 2.96. The molecule has 1 aliphatic rings. The van der Waals surface area contributed by atoms with Gasteiger partial charge in [-0.2, -0.15) is 0 Å². The van der Waals surface area contributed by atoms with Crippen molar-refractivity contribution in [1.82, 2.24) is 10.3 Å². The van der Waals surface area contributed by atoms with Crippen molar-refractivity contribution in [2.24, 2.45) is 0 Å². The van der Waals surface area contributed by atoms with Gasteiger partial charge in [0.25, 0.3) is 0 Å². The van der Waals surface area contributed by atoms with Gasteiger partial charge in [-0.15, -0.1) is 11.3 Å². The lowest BCUT2D eigenvalue weighted by Crippen LogP contribution is -2.13. The van der Waals surface area contributed by atoms with Gasteiger partial charge < -0.3 is 5.32 Å². The van der Waals surface area contributed by atoms with Gasteiger partial charge in [0, 0.05) is 17.0 Å². The lowest BCUT2D eigenvalue weighted by Gasteiger charge is -1.95. The molecule has 1 fully saturated rings. The number of hydrogen-bond donors (Lipinski definition) is 1. The number of thiazole rings is 1. The van der Waals surface area contributed by atoms with Crippen LogP contribution >= 0.6 is 23.1 Å². The summed E-state index contributed by atoms with van der Waals surface area (Å²) in [5.41, 5.74) is 1.69. The molecule has 2 aromatic rings. The van der Waals surface area contributed by atoms with Crippen LogP contribution < -0.4 is 5.32 Å². The van der Waals surface area contributed by atoms with Gasteiger partial charge in [-0.05, 0) is 24.3 Å².